The number of benzene rings is 1. The molecule has 2 rings (SSSR count). The number of sulfone groups is 1. The average molecular weight is 445 g/mol. The van der Waals surface area contributed by atoms with Gasteiger partial charge in [0.25, 0.3) is 6.43 Å². The number of unbranched alkanes of at least 4 members (excludes halogenated alkanes) is 1. The van der Waals surface area contributed by atoms with E-state index in [2.05, 4.69) is 5.32 Å². The molecule has 3 amide bonds. The Balaban J connectivity index is 1.88. The second-order valence-electron chi connectivity index (χ2n) is 7.86. The van der Waals surface area contributed by atoms with E-state index in [0.29, 0.717) is 19.3 Å². The molecule has 1 aromatic carbocycles. The van der Waals surface area contributed by atoms with Crippen molar-refractivity contribution in [2.24, 2.45) is 5.41 Å². The number of allylic oxidation sites excluding steroid dienone is 1. The molecule has 0 spiro atoms. The molecule has 166 valence electrons. The SMILES string of the molecule is CC(C)(CCC/C=C/N1CC(=O)NC1=O)CS(=O)(=O)c1cccc(OCC(F)F)c1. The van der Waals surface area contributed by atoms with Crippen molar-refractivity contribution in [3.05, 3.63) is 36.5 Å². The van der Waals surface area contributed by atoms with E-state index >= 15 is 0 Å². The quantitative estimate of drug-likeness (QED) is 0.417. The summed E-state index contributed by atoms with van der Waals surface area (Å²) in [6, 6.07) is 5.13. The zero-order chi connectivity index (χ0) is 22.4. The van der Waals surface area contributed by atoms with Gasteiger partial charge in [-0.15, -0.1) is 0 Å². The Bertz CT molecular complexity index is 900. The zero-order valence-electron chi connectivity index (χ0n) is 16.9. The van der Waals surface area contributed by atoms with Crippen LogP contribution in [0, 0.1) is 5.41 Å². The summed E-state index contributed by atoms with van der Waals surface area (Å²) < 4.78 is 55.0. The van der Waals surface area contributed by atoms with Crippen molar-refractivity contribution in [2.75, 3.05) is 18.9 Å². The van der Waals surface area contributed by atoms with Gasteiger partial charge < -0.3 is 4.74 Å². The van der Waals surface area contributed by atoms with Gasteiger partial charge in [0.2, 0.25) is 5.91 Å². The Labute approximate surface area is 175 Å². The molecule has 0 atom stereocenters. The van der Waals surface area contributed by atoms with Crippen LogP contribution in [0.4, 0.5) is 13.6 Å². The largest absolute Gasteiger partial charge is 0.488 e. The van der Waals surface area contributed by atoms with Crippen molar-refractivity contribution >= 4 is 21.8 Å². The molecule has 0 aliphatic carbocycles. The zero-order valence-corrected chi connectivity index (χ0v) is 17.8. The lowest BCUT2D eigenvalue weighted by atomic mass is 9.89. The fourth-order valence-electron chi connectivity index (χ4n) is 3.06. The van der Waals surface area contributed by atoms with Crippen molar-refractivity contribution in [2.45, 2.75) is 44.4 Å². The number of halogens is 2. The number of ether oxygens (including phenoxy) is 1. The highest BCUT2D eigenvalue weighted by Crippen LogP contribution is 2.29. The number of urea groups is 1. The van der Waals surface area contributed by atoms with Crippen molar-refractivity contribution in [3.8, 4) is 5.75 Å². The van der Waals surface area contributed by atoms with Crippen LogP contribution in [0.1, 0.15) is 33.1 Å². The Hall–Kier alpha value is -2.49. The minimum absolute atomic E-state index is 0.000832. The summed E-state index contributed by atoms with van der Waals surface area (Å²) >= 11 is 0. The van der Waals surface area contributed by atoms with Crippen molar-refractivity contribution < 1.29 is 31.5 Å². The first-order chi connectivity index (χ1) is 14.0. The molecule has 1 heterocycles. The Morgan fingerprint density at radius 1 is 1.30 bits per heavy atom. The van der Waals surface area contributed by atoms with Crippen molar-refractivity contribution in [3.63, 3.8) is 0 Å². The fraction of sp³-hybridized carbons (Fsp3) is 0.500. The second kappa shape index (κ2) is 10.0. The third kappa shape index (κ3) is 7.40. The molecule has 0 radical (unpaired) electrons. The minimum Gasteiger partial charge on any atom is -0.488 e. The molecule has 1 fully saturated rings. The molecule has 0 unspecified atom stereocenters. The lowest BCUT2D eigenvalue weighted by Crippen LogP contribution is -2.24. The number of carbonyl (C=O) groups excluding carboxylic acids is 2. The molecule has 1 aromatic rings. The first kappa shape index (κ1) is 23.8. The highest BCUT2D eigenvalue weighted by atomic mass is 32.2. The number of rotatable bonds is 11. The van der Waals surface area contributed by atoms with Crippen LogP contribution >= 0.6 is 0 Å². The van der Waals surface area contributed by atoms with E-state index in [1.54, 1.807) is 12.3 Å². The molecule has 1 aliphatic heterocycles. The van der Waals surface area contributed by atoms with E-state index < -0.39 is 34.3 Å². The van der Waals surface area contributed by atoms with Gasteiger partial charge in [0, 0.05) is 6.20 Å². The number of hydrogen-bond donors (Lipinski definition) is 1. The molecule has 7 nitrogen and oxygen atoms in total. The molecular weight excluding hydrogens is 418 g/mol. The third-order valence-corrected chi connectivity index (χ3v) is 6.59. The van der Waals surface area contributed by atoms with Crippen LogP contribution in [-0.4, -0.2) is 50.6 Å². The molecule has 30 heavy (non-hydrogen) atoms. The first-order valence-electron chi connectivity index (χ1n) is 9.49. The van der Waals surface area contributed by atoms with Crippen LogP contribution in [0.2, 0.25) is 0 Å². The number of alkyl halides is 2. The Morgan fingerprint density at radius 2 is 2.03 bits per heavy atom. The predicted octanol–water partition coefficient (Wildman–Crippen LogP) is 3.37. The maximum atomic E-state index is 12.8. The number of imide groups is 1. The second-order valence-corrected chi connectivity index (χ2v) is 9.85. The van der Waals surface area contributed by atoms with Crippen molar-refractivity contribution in [1.82, 2.24) is 10.2 Å². The van der Waals surface area contributed by atoms with Crippen LogP contribution < -0.4 is 10.1 Å². The minimum atomic E-state index is -3.63. The topological polar surface area (TPSA) is 92.8 Å². The smallest absolute Gasteiger partial charge is 0.328 e. The lowest BCUT2D eigenvalue weighted by molar-refractivity contribution is -0.118. The van der Waals surface area contributed by atoms with E-state index in [-0.39, 0.29) is 28.8 Å². The lowest BCUT2D eigenvalue weighted by Gasteiger charge is -2.24. The van der Waals surface area contributed by atoms with E-state index in [1.165, 1.54) is 29.2 Å². The number of nitrogens with one attached hydrogen (secondary N) is 1. The summed E-state index contributed by atoms with van der Waals surface area (Å²) in [6.07, 6.45) is 2.61. The van der Waals surface area contributed by atoms with Crippen LogP contribution in [0.15, 0.2) is 41.4 Å². The Kier molecular flexibility index (Phi) is 7.94. The first-order valence-corrected chi connectivity index (χ1v) is 11.1. The maximum absolute atomic E-state index is 12.8. The van der Waals surface area contributed by atoms with Crippen LogP contribution in [0.3, 0.4) is 0 Å². The fourth-order valence-corrected chi connectivity index (χ4v) is 4.99. The van der Waals surface area contributed by atoms with E-state index in [0.717, 1.165) is 0 Å². The van der Waals surface area contributed by atoms with Gasteiger partial charge in [-0.1, -0.05) is 26.0 Å². The van der Waals surface area contributed by atoms with Crippen LogP contribution in [0.5, 0.6) is 5.75 Å². The molecule has 10 heteroatoms. The number of hydrogen-bond acceptors (Lipinski definition) is 5. The summed E-state index contributed by atoms with van der Waals surface area (Å²) in [5, 5.41) is 2.17. The molecule has 0 saturated carbocycles. The van der Waals surface area contributed by atoms with Crippen LogP contribution in [0.25, 0.3) is 0 Å². The number of nitrogens with zero attached hydrogens (tertiary/aromatic N) is 1. The van der Waals surface area contributed by atoms with Gasteiger partial charge in [-0.3, -0.25) is 15.0 Å². The van der Waals surface area contributed by atoms with Gasteiger partial charge in [-0.25, -0.2) is 22.0 Å². The van der Waals surface area contributed by atoms with Gasteiger partial charge in [-0.2, -0.15) is 0 Å². The summed E-state index contributed by atoms with van der Waals surface area (Å²) in [5.74, 6) is -0.367. The van der Waals surface area contributed by atoms with Gasteiger partial charge >= 0.3 is 6.03 Å². The highest BCUT2D eigenvalue weighted by Gasteiger charge is 2.28. The summed E-state index contributed by atoms with van der Waals surface area (Å²) in [7, 11) is -3.63. The molecule has 1 aliphatic rings. The molecule has 1 saturated heterocycles. The standard InChI is InChI=1S/C20H26F2N2O5S/c1-20(2,9-4-3-5-10-24-12-18(25)23-19(24)26)14-30(27,28)16-8-6-7-15(11-16)29-13-17(21)22/h5-8,10-11,17H,3-4,9,12-14H2,1-2H3,(H,23,25,26)/b10-5+. The van der Waals surface area contributed by atoms with Gasteiger partial charge in [-0.05, 0) is 42.9 Å². The van der Waals surface area contributed by atoms with E-state index in [1.807, 2.05) is 13.8 Å². The molecule has 0 aromatic heterocycles. The van der Waals surface area contributed by atoms with Crippen molar-refractivity contribution in [1.29, 1.82) is 0 Å². The van der Waals surface area contributed by atoms with Crippen LogP contribution in [-0.2, 0) is 14.6 Å². The van der Waals surface area contributed by atoms with E-state index in [9.17, 15) is 26.8 Å². The van der Waals surface area contributed by atoms with Gasteiger partial charge in [0.1, 0.15) is 18.9 Å². The predicted molar refractivity (Wildman–Crippen MR) is 107 cm³/mol. The maximum Gasteiger partial charge on any atom is 0.328 e. The third-order valence-electron chi connectivity index (χ3n) is 4.45. The summed E-state index contributed by atoms with van der Waals surface area (Å²) in [5.41, 5.74) is -0.520. The van der Waals surface area contributed by atoms with Gasteiger partial charge in [0.15, 0.2) is 9.84 Å². The average Bonchev–Trinajstić information content (AvgIpc) is 2.96. The number of carbonyl (C=O) groups is 2. The molecular formula is C20H26F2N2O5S. The summed E-state index contributed by atoms with van der Waals surface area (Å²) in [4.78, 5) is 23.9. The monoisotopic (exact) mass is 444 g/mol. The van der Waals surface area contributed by atoms with Gasteiger partial charge in [0.05, 0.1) is 10.6 Å². The van der Waals surface area contributed by atoms with E-state index in [4.69, 9.17) is 4.74 Å². The number of amides is 3. The highest BCUT2D eigenvalue weighted by molar-refractivity contribution is 7.91. The normalized spacial score (nSPS) is 15.3. The molecule has 1 N–H and O–H groups in total. The summed E-state index contributed by atoms with van der Waals surface area (Å²) in [6.45, 7) is 2.89. The molecule has 0 bridgehead atoms. The Morgan fingerprint density at radius 3 is 2.67 bits per heavy atom.